The van der Waals surface area contributed by atoms with Crippen LogP contribution in [0.2, 0.25) is 0 Å². The van der Waals surface area contributed by atoms with Crippen LogP contribution in [0.15, 0.2) is 12.3 Å². The second-order valence-electron chi connectivity index (χ2n) is 4.59. The number of fused-ring (bicyclic) bond motifs is 1. The first-order chi connectivity index (χ1) is 6.68. The number of rotatable bonds is 2. The highest BCUT2D eigenvalue weighted by Gasteiger charge is 2.22. The van der Waals surface area contributed by atoms with Crippen LogP contribution in [0, 0.1) is 0 Å². The van der Waals surface area contributed by atoms with Crippen molar-refractivity contribution in [3.8, 4) is 0 Å². The molecule has 0 amide bonds. The van der Waals surface area contributed by atoms with Gasteiger partial charge in [0.05, 0.1) is 0 Å². The van der Waals surface area contributed by atoms with Gasteiger partial charge in [-0.2, -0.15) is 0 Å². The molecule has 0 bridgehead atoms. The standard InChI is InChI=1S/C12H20N2/c1-9(2)13-11-5-4-6-12-10(11)7-8-14(12)3/h7-9,11,13H,4-6H2,1-3H3. The Morgan fingerprint density at radius 3 is 3.00 bits per heavy atom. The molecule has 1 N–H and O–H groups in total. The number of aromatic nitrogens is 1. The van der Waals surface area contributed by atoms with E-state index in [2.05, 4.69) is 43.0 Å². The Morgan fingerprint density at radius 2 is 2.29 bits per heavy atom. The Labute approximate surface area is 86.3 Å². The van der Waals surface area contributed by atoms with Gasteiger partial charge < -0.3 is 9.88 Å². The third-order valence-electron chi connectivity index (χ3n) is 3.05. The summed E-state index contributed by atoms with van der Waals surface area (Å²) in [6.45, 7) is 4.44. The molecule has 1 heterocycles. The zero-order valence-corrected chi connectivity index (χ0v) is 9.38. The SMILES string of the molecule is CC(C)NC1CCCc2c1ccn2C. The Hall–Kier alpha value is -0.760. The van der Waals surface area contributed by atoms with Gasteiger partial charge in [0.25, 0.3) is 0 Å². The minimum absolute atomic E-state index is 0.575. The van der Waals surface area contributed by atoms with Gasteiger partial charge in [-0.05, 0) is 30.9 Å². The Balaban J connectivity index is 2.22. The fraction of sp³-hybridized carbons (Fsp3) is 0.667. The Bertz CT molecular complexity index is 312. The summed E-state index contributed by atoms with van der Waals surface area (Å²) in [5.74, 6) is 0. The van der Waals surface area contributed by atoms with Crippen molar-refractivity contribution in [3.63, 3.8) is 0 Å². The van der Waals surface area contributed by atoms with Crippen LogP contribution in [0.1, 0.15) is 44.0 Å². The van der Waals surface area contributed by atoms with Gasteiger partial charge in [0.2, 0.25) is 0 Å². The van der Waals surface area contributed by atoms with Gasteiger partial charge in [-0.25, -0.2) is 0 Å². The normalized spacial score (nSPS) is 21.3. The largest absolute Gasteiger partial charge is 0.354 e. The van der Waals surface area contributed by atoms with Crippen molar-refractivity contribution in [1.82, 2.24) is 9.88 Å². The van der Waals surface area contributed by atoms with Crippen LogP contribution in [0.5, 0.6) is 0 Å². The molecule has 0 aromatic carbocycles. The predicted molar refractivity (Wildman–Crippen MR) is 59.4 cm³/mol. The second kappa shape index (κ2) is 3.77. The van der Waals surface area contributed by atoms with E-state index in [0.29, 0.717) is 12.1 Å². The van der Waals surface area contributed by atoms with Crippen molar-refractivity contribution in [2.45, 2.75) is 45.2 Å². The first-order valence-electron chi connectivity index (χ1n) is 5.58. The molecular weight excluding hydrogens is 172 g/mol. The third kappa shape index (κ3) is 1.71. The van der Waals surface area contributed by atoms with Gasteiger partial charge in [-0.1, -0.05) is 13.8 Å². The van der Waals surface area contributed by atoms with E-state index in [4.69, 9.17) is 0 Å². The molecule has 1 aromatic rings. The summed E-state index contributed by atoms with van der Waals surface area (Å²) in [5, 5.41) is 3.64. The fourth-order valence-electron chi connectivity index (χ4n) is 2.42. The highest BCUT2D eigenvalue weighted by atomic mass is 15.0. The molecular formula is C12H20N2. The molecule has 0 saturated carbocycles. The summed E-state index contributed by atoms with van der Waals surface area (Å²) >= 11 is 0. The zero-order valence-electron chi connectivity index (χ0n) is 9.38. The van der Waals surface area contributed by atoms with E-state index in [1.165, 1.54) is 30.5 Å². The lowest BCUT2D eigenvalue weighted by Gasteiger charge is -2.26. The lowest BCUT2D eigenvalue weighted by molar-refractivity contribution is 0.419. The lowest BCUT2D eigenvalue weighted by Crippen LogP contribution is -2.30. The van der Waals surface area contributed by atoms with E-state index in [1.54, 1.807) is 0 Å². The van der Waals surface area contributed by atoms with Crippen LogP contribution in [-0.4, -0.2) is 10.6 Å². The molecule has 0 radical (unpaired) electrons. The van der Waals surface area contributed by atoms with Crippen molar-refractivity contribution in [1.29, 1.82) is 0 Å². The zero-order chi connectivity index (χ0) is 10.1. The topological polar surface area (TPSA) is 17.0 Å². The summed E-state index contributed by atoms with van der Waals surface area (Å²) in [6, 6.07) is 3.43. The summed E-state index contributed by atoms with van der Waals surface area (Å²) in [7, 11) is 2.15. The molecule has 1 unspecified atom stereocenters. The lowest BCUT2D eigenvalue weighted by atomic mass is 9.92. The van der Waals surface area contributed by atoms with Gasteiger partial charge in [-0.15, -0.1) is 0 Å². The molecule has 2 nitrogen and oxygen atoms in total. The maximum absolute atomic E-state index is 3.64. The van der Waals surface area contributed by atoms with E-state index in [1.807, 2.05) is 0 Å². The molecule has 0 saturated heterocycles. The monoisotopic (exact) mass is 192 g/mol. The number of nitrogens with zero attached hydrogens (tertiary/aromatic N) is 1. The van der Waals surface area contributed by atoms with Gasteiger partial charge in [0.1, 0.15) is 0 Å². The minimum atomic E-state index is 0.575. The van der Waals surface area contributed by atoms with E-state index in [9.17, 15) is 0 Å². The molecule has 2 rings (SSSR count). The van der Waals surface area contributed by atoms with Crippen molar-refractivity contribution < 1.29 is 0 Å². The minimum Gasteiger partial charge on any atom is -0.354 e. The molecule has 0 aliphatic heterocycles. The molecule has 1 atom stereocenters. The maximum Gasteiger partial charge on any atom is 0.0340 e. The van der Waals surface area contributed by atoms with Crippen molar-refractivity contribution in [3.05, 3.63) is 23.5 Å². The number of nitrogens with one attached hydrogen (secondary N) is 1. The number of hydrogen-bond acceptors (Lipinski definition) is 1. The van der Waals surface area contributed by atoms with Gasteiger partial charge in [-0.3, -0.25) is 0 Å². The number of aryl methyl sites for hydroxylation is 1. The molecule has 1 aromatic heterocycles. The van der Waals surface area contributed by atoms with Crippen LogP contribution in [-0.2, 0) is 13.5 Å². The average molecular weight is 192 g/mol. The first kappa shape index (κ1) is 9.78. The summed E-state index contributed by atoms with van der Waals surface area (Å²) in [5.41, 5.74) is 3.04. The predicted octanol–water partition coefficient (Wildman–Crippen LogP) is 2.40. The van der Waals surface area contributed by atoms with E-state index in [0.717, 1.165) is 0 Å². The van der Waals surface area contributed by atoms with Gasteiger partial charge in [0, 0.05) is 31.0 Å². The average Bonchev–Trinajstić information content (AvgIpc) is 2.49. The highest BCUT2D eigenvalue weighted by molar-refractivity contribution is 5.28. The van der Waals surface area contributed by atoms with Crippen LogP contribution < -0.4 is 5.32 Å². The number of hydrogen-bond donors (Lipinski definition) is 1. The summed E-state index contributed by atoms with van der Waals surface area (Å²) in [6.07, 6.45) is 6.03. The molecule has 78 valence electrons. The quantitative estimate of drug-likeness (QED) is 0.761. The van der Waals surface area contributed by atoms with Crippen molar-refractivity contribution in [2.24, 2.45) is 7.05 Å². The summed E-state index contributed by atoms with van der Waals surface area (Å²) in [4.78, 5) is 0. The first-order valence-corrected chi connectivity index (χ1v) is 5.58. The Morgan fingerprint density at radius 1 is 1.50 bits per heavy atom. The molecule has 2 heteroatoms. The van der Waals surface area contributed by atoms with Gasteiger partial charge in [0.15, 0.2) is 0 Å². The van der Waals surface area contributed by atoms with Crippen molar-refractivity contribution >= 4 is 0 Å². The Kier molecular flexibility index (Phi) is 2.64. The molecule has 0 spiro atoms. The van der Waals surface area contributed by atoms with E-state index in [-0.39, 0.29) is 0 Å². The molecule has 1 aliphatic rings. The van der Waals surface area contributed by atoms with Crippen molar-refractivity contribution in [2.75, 3.05) is 0 Å². The van der Waals surface area contributed by atoms with Crippen LogP contribution in [0.3, 0.4) is 0 Å². The molecule has 14 heavy (non-hydrogen) atoms. The van der Waals surface area contributed by atoms with Gasteiger partial charge >= 0.3 is 0 Å². The van der Waals surface area contributed by atoms with Crippen LogP contribution >= 0.6 is 0 Å². The molecule has 1 aliphatic carbocycles. The van der Waals surface area contributed by atoms with Crippen LogP contribution in [0.25, 0.3) is 0 Å². The third-order valence-corrected chi connectivity index (χ3v) is 3.05. The van der Waals surface area contributed by atoms with E-state index < -0.39 is 0 Å². The highest BCUT2D eigenvalue weighted by Crippen LogP contribution is 2.30. The smallest absolute Gasteiger partial charge is 0.0340 e. The maximum atomic E-state index is 3.64. The molecule has 0 fully saturated rings. The van der Waals surface area contributed by atoms with Crippen LogP contribution in [0.4, 0.5) is 0 Å². The fourth-order valence-corrected chi connectivity index (χ4v) is 2.42. The van der Waals surface area contributed by atoms with E-state index >= 15 is 0 Å². The summed E-state index contributed by atoms with van der Waals surface area (Å²) < 4.78 is 2.27. The second-order valence-corrected chi connectivity index (χ2v) is 4.59.